The van der Waals surface area contributed by atoms with E-state index < -0.39 is 5.97 Å². The Balaban J connectivity index is 1.97. The van der Waals surface area contributed by atoms with Crippen LogP contribution in [0.5, 0.6) is 11.5 Å². The van der Waals surface area contributed by atoms with Gasteiger partial charge >= 0.3 is 5.97 Å². The number of aromatic nitrogens is 1. The molecule has 1 aromatic carbocycles. The molecule has 2 aromatic rings. The van der Waals surface area contributed by atoms with Gasteiger partial charge in [0, 0.05) is 19.0 Å². The summed E-state index contributed by atoms with van der Waals surface area (Å²) in [5.41, 5.74) is 1.62. The molecule has 1 heterocycles. The van der Waals surface area contributed by atoms with Gasteiger partial charge in [-0.3, -0.25) is 9.78 Å². The monoisotopic (exact) mass is 358 g/mol. The number of ether oxygens (including phenoxy) is 1. The van der Waals surface area contributed by atoms with E-state index >= 15 is 0 Å². The number of nitrogens with zero attached hydrogens (tertiary/aromatic N) is 2. The maximum Gasteiger partial charge on any atom is 0.306 e. The van der Waals surface area contributed by atoms with Gasteiger partial charge in [0.1, 0.15) is 5.75 Å². The van der Waals surface area contributed by atoms with E-state index in [1.165, 1.54) is 0 Å². The van der Waals surface area contributed by atoms with Crippen LogP contribution in [-0.4, -0.2) is 41.4 Å². The van der Waals surface area contributed by atoms with Crippen LogP contribution in [0.3, 0.4) is 0 Å². The predicted molar refractivity (Wildman–Crippen MR) is 101 cm³/mol. The minimum Gasteiger partial charge on any atom is -0.508 e. The lowest BCUT2D eigenvalue weighted by atomic mass is 9.79. The summed E-state index contributed by atoms with van der Waals surface area (Å²) in [6.45, 7) is 3.05. The van der Waals surface area contributed by atoms with Crippen molar-refractivity contribution in [2.75, 3.05) is 25.1 Å². The molecule has 6 nitrogen and oxygen atoms in total. The van der Waals surface area contributed by atoms with Gasteiger partial charge in [-0.1, -0.05) is 12.8 Å². The molecule has 0 radical (unpaired) electrons. The van der Waals surface area contributed by atoms with E-state index in [9.17, 15) is 15.0 Å². The Morgan fingerprint density at radius 3 is 2.85 bits per heavy atom. The van der Waals surface area contributed by atoms with Crippen molar-refractivity contribution in [3.63, 3.8) is 0 Å². The Kier molecular flexibility index (Phi) is 5.49. The number of aliphatic carboxylic acids is 1. The Hall–Kier alpha value is -2.50. The molecule has 1 fully saturated rings. The van der Waals surface area contributed by atoms with Gasteiger partial charge in [-0.2, -0.15) is 0 Å². The second-order valence-corrected chi connectivity index (χ2v) is 6.98. The SMILES string of the molecule is CCOc1cnc2ccc(O)cc2c1N(C)C[C@H]1CCCC[C@H]1C(=O)O. The highest BCUT2D eigenvalue weighted by atomic mass is 16.5. The number of aromatic hydroxyl groups is 1. The number of carboxylic acid groups (broad SMARTS) is 1. The van der Waals surface area contributed by atoms with Crippen molar-refractivity contribution in [2.24, 2.45) is 11.8 Å². The number of hydrogen-bond acceptors (Lipinski definition) is 5. The topological polar surface area (TPSA) is 82.9 Å². The Labute approximate surface area is 153 Å². The first-order chi connectivity index (χ1) is 12.5. The molecule has 6 heteroatoms. The molecule has 2 atom stereocenters. The van der Waals surface area contributed by atoms with Gasteiger partial charge in [0.2, 0.25) is 0 Å². The molecule has 0 spiro atoms. The number of hydrogen-bond donors (Lipinski definition) is 2. The highest BCUT2D eigenvalue weighted by molar-refractivity contribution is 5.95. The van der Waals surface area contributed by atoms with Crippen molar-refractivity contribution in [1.82, 2.24) is 4.98 Å². The third-order valence-corrected chi connectivity index (χ3v) is 5.21. The van der Waals surface area contributed by atoms with E-state index in [2.05, 4.69) is 9.88 Å². The summed E-state index contributed by atoms with van der Waals surface area (Å²) < 4.78 is 5.77. The number of pyridine rings is 1. The molecule has 0 bridgehead atoms. The molecule has 0 unspecified atom stereocenters. The van der Waals surface area contributed by atoms with E-state index in [0.717, 1.165) is 42.3 Å². The van der Waals surface area contributed by atoms with E-state index in [1.54, 1.807) is 24.4 Å². The van der Waals surface area contributed by atoms with Crippen LogP contribution in [0.4, 0.5) is 5.69 Å². The number of rotatable bonds is 6. The molecule has 26 heavy (non-hydrogen) atoms. The zero-order valence-corrected chi connectivity index (χ0v) is 15.3. The van der Waals surface area contributed by atoms with Crippen molar-refractivity contribution in [1.29, 1.82) is 0 Å². The second kappa shape index (κ2) is 7.81. The van der Waals surface area contributed by atoms with Crippen molar-refractivity contribution < 1.29 is 19.7 Å². The lowest BCUT2D eigenvalue weighted by Gasteiger charge is -2.33. The maximum absolute atomic E-state index is 11.6. The minimum atomic E-state index is -0.703. The number of fused-ring (bicyclic) bond motifs is 1. The van der Waals surface area contributed by atoms with Gasteiger partial charge in [0.15, 0.2) is 5.75 Å². The van der Waals surface area contributed by atoms with Gasteiger partial charge in [0.25, 0.3) is 0 Å². The quantitative estimate of drug-likeness (QED) is 0.820. The Bertz CT molecular complexity index is 793. The highest BCUT2D eigenvalue weighted by Gasteiger charge is 2.32. The summed E-state index contributed by atoms with van der Waals surface area (Å²) >= 11 is 0. The van der Waals surface area contributed by atoms with Crippen LogP contribution < -0.4 is 9.64 Å². The fraction of sp³-hybridized carbons (Fsp3) is 0.500. The molecule has 2 N–H and O–H groups in total. The smallest absolute Gasteiger partial charge is 0.306 e. The highest BCUT2D eigenvalue weighted by Crippen LogP contribution is 2.38. The molecule has 3 rings (SSSR count). The molecule has 1 aliphatic carbocycles. The number of anilines is 1. The predicted octanol–water partition coefficient (Wildman–Crippen LogP) is 3.67. The largest absolute Gasteiger partial charge is 0.508 e. The van der Waals surface area contributed by atoms with Crippen LogP contribution >= 0.6 is 0 Å². The van der Waals surface area contributed by atoms with Crippen molar-refractivity contribution >= 4 is 22.6 Å². The zero-order chi connectivity index (χ0) is 18.7. The van der Waals surface area contributed by atoms with Crippen LogP contribution in [-0.2, 0) is 4.79 Å². The lowest BCUT2D eigenvalue weighted by molar-refractivity contribution is -0.144. The average Bonchev–Trinajstić information content (AvgIpc) is 2.61. The minimum absolute atomic E-state index is 0.0984. The standard InChI is InChI=1S/C20H26N2O4/c1-3-26-18-11-21-17-9-8-14(23)10-16(17)19(18)22(2)12-13-6-4-5-7-15(13)20(24)25/h8-11,13,15,23H,3-7,12H2,1-2H3,(H,24,25)/t13-,15-/m1/s1. The molecule has 140 valence electrons. The number of phenolic OH excluding ortho intramolecular Hbond substituents is 1. The van der Waals surface area contributed by atoms with Gasteiger partial charge in [-0.25, -0.2) is 0 Å². The van der Waals surface area contributed by atoms with Crippen molar-refractivity contribution in [2.45, 2.75) is 32.6 Å². The Morgan fingerprint density at radius 1 is 1.35 bits per heavy atom. The van der Waals surface area contributed by atoms with Crippen LogP contribution in [0.1, 0.15) is 32.6 Å². The number of benzene rings is 1. The van der Waals surface area contributed by atoms with Crippen LogP contribution in [0.25, 0.3) is 10.9 Å². The summed E-state index contributed by atoms with van der Waals surface area (Å²) in [5.74, 6) is -0.0886. The molecular formula is C20H26N2O4. The zero-order valence-electron chi connectivity index (χ0n) is 15.3. The van der Waals surface area contributed by atoms with Gasteiger partial charge in [-0.15, -0.1) is 0 Å². The molecule has 0 aliphatic heterocycles. The van der Waals surface area contributed by atoms with E-state index in [1.807, 2.05) is 14.0 Å². The van der Waals surface area contributed by atoms with Gasteiger partial charge in [-0.05, 0) is 43.9 Å². The summed E-state index contributed by atoms with van der Waals surface area (Å²) in [4.78, 5) is 18.1. The maximum atomic E-state index is 11.6. The first-order valence-electron chi connectivity index (χ1n) is 9.19. The van der Waals surface area contributed by atoms with E-state index in [4.69, 9.17) is 4.74 Å². The second-order valence-electron chi connectivity index (χ2n) is 6.98. The molecule has 0 saturated heterocycles. The summed E-state index contributed by atoms with van der Waals surface area (Å²) in [5, 5.41) is 20.3. The van der Waals surface area contributed by atoms with Crippen LogP contribution in [0.2, 0.25) is 0 Å². The summed E-state index contributed by atoms with van der Waals surface area (Å²) in [7, 11) is 1.95. The molecule has 1 aliphatic rings. The normalized spacial score (nSPS) is 20.1. The van der Waals surface area contributed by atoms with Gasteiger partial charge in [0.05, 0.1) is 29.9 Å². The van der Waals surface area contributed by atoms with Crippen molar-refractivity contribution in [3.05, 3.63) is 24.4 Å². The molecule has 0 amide bonds. The number of phenols is 1. The van der Waals surface area contributed by atoms with Gasteiger partial charge < -0.3 is 19.8 Å². The molecular weight excluding hydrogens is 332 g/mol. The fourth-order valence-electron chi connectivity index (χ4n) is 4.00. The average molecular weight is 358 g/mol. The fourth-order valence-corrected chi connectivity index (χ4v) is 4.00. The first kappa shape index (κ1) is 18.3. The number of carboxylic acids is 1. The van der Waals surface area contributed by atoms with Crippen LogP contribution in [0.15, 0.2) is 24.4 Å². The summed E-state index contributed by atoms with van der Waals surface area (Å²) in [6.07, 6.45) is 5.40. The van der Waals surface area contributed by atoms with E-state index in [-0.39, 0.29) is 17.6 Å². The third-order valence-electron chi connectivity index (χ3n) is 5.21. The third kappa shape index (κ3) is 3.69. The van der Waals surface area contributed by atoms with Crippen molar-refractivity contribution in [3.8, 4) is 11.5 Å². The first-order valence-corrected chi connectivity index (χ1v) is 9.19. The Morgan fingerprint density at radius 2 is 2.12 bits per heavy atom. The summed E-state index contributed by atoms with van der Waals surface area (Å²) in [6, 6.07) is 5.08. The molecule has 1 saturated carbocycles. The van der Waals surface area contributed by atoms with E-state index in [0.29, 0.717) is 18.9 Å². The number of carbonyl (C=O) groups is 1. The molecule has 1 aromatic heterocycles. The lowest BCUT2D eigenvalue weighted by Crippen LogP contribution is -2.36. The van der Waals surface area contributed by atoms with Crippen LogP contribution in [0, 0.1) is 11.8 Å².